The standard InChI is InChI=1S/C35H35N7O2/c1-44-26-15-12-23(13-16-26)22-42-33(17-14-24-20-37-29-9-4-2-7-27(24)29)39-40-35(42)32(41-18-6-11-31(41)34(36)43)19-25-21-38-30-10-5-3-8-28(25)30/h2-13,15-16,20-21,31-32,37-38H,14,17-19,22H2,1H3,(H2,36,43)/t31-,32+/m0/s1. The Morgan fingerprint density at radius 2 is 1.61 bits per heavy atom. The average molecular weight is 586 g/mol. The Morgan fingerprint density at radius 3 is 2.32 bits per heavy atom. The zero-order valence-corrected chi connectivity index (χ0v) is 24.6. The SMILES string of the molecule is COc1ccc(Cn2c(CCc3c[nH]c4ccccc34)nnc2[C@@H](Cc2c[nH]c3ccccc23)N2CC=C[C@H]2C(N)=O)cc1. The lowest BCUT2D eigenvalue weighted by molar-refractivity contribution is -0.122. The van der Waals surface area contributed by atoms with Crippen LogP contribution in [0.1, 0.15) is 34.4 Å². The van der Waals surface area contributed by atoms with E-state index in [9.17, 15) is 4.79 Å². The van der Waals surface area contributed by atoms with Crippen LogP contribution in [0.25, 0.3) is 21.8 Å². The Hall–Kier alpha value is -5.15. The van der Waals surface area contributed by atoms with Gasteiger partial charge in [0.15, 0.2) is 5.82 Å². The van der Waals surface area contributed by atoms with Crippen LogP contribution in [0.2, 0.25) is 0 Å². The number of rotatable bonds is 11. The molecule has 44 heavy (non-hydrogen) atoms. The van der Waals surface area contributed by atoms with Crippen molar-refractivity contribution in [3.05, 3.63) is 126 Å². The third-order valence-corrected chi connectivity index (χ3v) is 8.72. The van der Waals surface area contributed by atoms with E-state index in [2.05, 4.69) is 74.3 Å². The normalized spacial score (nSPS) is 15.8. The van der Waals surface area contributed by atoms with Gasteiger partial charge in [0.2, 0.25) is 5.91 Å². The molecule has 6 aromatic rings. The highest BCUT2D eigenvalue weighted by Gasteiger charge is 2.35. The minimum Gasteiger partial charge on any atom is -0.497 e. The summed E-state index contributed by atoms with van der Waals surface area (Å²) in [6.45, 7) is 1.18. The molecule has 3 aromatic heterocycles. The summed E-state index contributed by atoms with van der Waals surface area (Å²) in [7, 11) is 1.67. The molecule has 2 atom stereocenters. The second-order valence-electron chi connectivity index (χ2n) is 11.3. The van der Waals surface area contributed by atoms with Crippen LogP contribution in [0.3, 0.4) is 0 Å². The molecule has 1 amide bonds. The van der Waals surface area contributed by atoms with Crippen LogP contribution in [-0.4, -0.2) is 55.2 Å². The summed E-state index contributed by atoms with van der Waals surface area (Å²) < 4.78 is 7.63. The molecule has 0 spiro atoms. The van der Waals surface area contributed by atoms with Gasteiger partial charge in [0.25, 0.3) is 0 Å². The van der Waals surface area contributed by atoms with E-state index in [1.54, 1.807) is 7.11 Å². The molecule has 1 aliphatic heterocycles. The van der Waals surface area contributed by atoms with Crippen molar-refractivity contribution in [2.24, 2.45) is 5.73 Å². The smallest absolute Gasteiger partial charge is 0.238 e. The van der Waals surface area contributed by atoms with Crippen molar-refractivity contribution in [2.75, 3.05) is 13.7 Å². The number of carbonyl (C=O) groups excluding carboxylic acids is 1. The summed E-state index contributed by atoms with van der Waals surface area (Å²) in [5.41, 5.74) is 11.6. The first-order valence-electron chi connectivity index (χ1n) is 15.0. The molecule has 7 rings (SSSR count). The molecule has 3 aromatic carbocycles. The number of amides is 1. The van der Waals surface area contributed by atoms with Gasteiger partial charge in [0, 0.05) is 47.2 Å². The van der Waals surface area contributed by atoms with Gasteiger partial charge in [-0.25, -0.2) is 0 Å². The van der Waals surface area contributed by atoms with Crippen molar-refractivity contribution < 1.29 is 9.53 Å². The highest BCUT2D eigenvalue weighted by molar-refractivity contribution is 5.84. The summed E-state index contributed by atoms with van der Waals surface area (Å²) in [6, 6.07) is 24.0. The van der Waals surface area contributed by atoms with Crippen LogP contribution < -0.4 is 10.5 Å². The Balaban J connectivity index is 1.29. The summed E-state index contributed by atoms with van der Waals surface area (Å²) in [5.74, 6) is 2.15. The number of aromatic nitrogens is 5. The number of nitrogens with two attached hydrogens (primary N) is 1. The van der Waals surface area contributed by atoms with E-state index in [4.69, 9.17) is 20.7 Å². The Bertz CT molecular complexity index is 1950. The van der Waals surface area contributed by atoms with Crippen molar-refractivity contribution in [2.45, 2.75) is 37.9 Å². The third-order valence-electron chi connectivity index (χ3n) is 8.72. The number of carbonyl (C=O) groups is 1. The van der Waals surface area contributed by atoms with Gasteiger partial charge in [-0.05, 0) is 53.8 Å². The predicted molar refractivity (Wildman–Crippen MR) is 171 cm³/mol. The maximum atomic E-state index is 12.6. The van der Waals surface area contributed by atoms with E-state index in [-0.39, 0.29) is 11.9 Å². The van der Waals surface area contributed by atoms with E-state index in [1.807, 2.05) is 42.5 Å². The molecule has 9 heteroatoms. The number of hydrogen-bond donors (Lipinski definition) is 3. The molecule has 4 heterocycles. The number of H-pyrrole nitrogens is 2. The Kier molecular flexibility index (Phi) is 7.45. The zero-order valence-electron chi connectivity index (χ0n) is 24.6. The molecule has 4 N–H and O–H groups in total. The molecule has 0 saturated carbocycles. The predicted octanol–water partition coefficient (Wildman–Crippen LogP) is 5.09. The van der Waals surface area contributed by atoms with Gasteiger partial charge in [-0.2, -0.15) is 0 Å². The lowest BCUT2D eigenvalue weighted by atomic mass is 10.0. The number of primary amides is 1. The number of aryl methyl sites for hydroxylation is 2. The molecular formula is C35H35N7O2. The van der Waals surface area contributed by atoms with Gasteiger partial charge in [-0.1, -0.05) is 60.7 Å². The number of nitrogens with one attached hydrogen (secondary N) is 2. The van der Waals surface area contributed by atoms with Crippen molar-refractivity contribution >= 4 is 27.7 Å². The van der Waals surface area contributed by atoms with Gasteiger partial charge in [0.05, 0.1) is 19.7 Å². The molecular weight excluding hydrogens is 550 g/mol. The van der Waals surface area contributed by atoms with Crippen LogP contribution in [0.15, 0.2) is 97.3 Å². The number of para-hydroxylation sites is 2. The minimum absolute atomic E-state index is 0.241. The quantitative estimate of drug-likeness (QED) is 0.183. The topological polar surface area (TPSA) is 118 Å². The number of aromatic amines is 2. The molecule has 9 nitrogen and oxygen atoms in total. The fourth-order valence-electron chi connectivity index (χ4n) is 6.43. The molecule has 0 saturated heterocycles. The highest BCUT2D eigenvalue weighted by atomic mass is 16.5. The van der Waals surface area contributed by atoms with Crippen molar-refractivity contribution in [1.29, 1.82) is 0 Å². The maximum absolute atomic E-state index is 12.6. The van der Waals surface area contributed by atoms with Gasteiger partial charge in [-0.3, -0.25) is 9.69 Å². The largest absolute Gasteiger partial charge is 0.497 e. The van der Waals surface area contributed by atoms with Gasteiger partial charge < -0.3 is 25.0 Å². The highest BCUT2D eigenvalue weighted by Crippen LogP contribution is 2.33. The molecule has 0 bridgehead atoms. The fraction of sp³-hybridized carbons (Fsp3) is 0.229. The first kappa shape index (κ1) is 27.7. The van der Waals surface area contributed by atoms with Gasteiger partial charge in [0.1, 0.15) is 17.6 Å². The summed E-state index contributed by atoms with van der Waals surface area (Å²) in [4.78, 5) is 21.5. The van der Waals surface area contributed by atoms with Crippen molar-refractivity contribution in [3.63, 3.8) is 0 Å². The van der Waals surface area contributed by atoms with Crippen LogP contribution >= 0.6 is 0 Å². The van der Waals surface area contributed by atoms with E-state index in [0.717, 1.165) is 51.4 Å². The second-order valence-corrected chi connectivity index (χ2v) is 11.3. The minimum atomic E-state index is -0.522. The molecule has 0 unspecified atom stereocenters. The summed E-state index contributed by atoms with van der Waals surface area (Å²) in [5, 5.41) is 12.0. The number of benzene rings is 3. The van der Waals surface area contributed by atoms with Crippen LogP contribution in [0.4, 0.5) is 0 Å². The second kappa shape index (κ2) is 11.9. The number of hydrogen-bond acceptors (Lipinski definition) is 5. The number of methoxy groups -OCH3 is 1. The van der Waals surface area contributed by atoms with E-state index in [1.165, 1.54) is 10.9 Å². The van der Waals surface area contributed by atoms with Crippen molar-refractivity contribution in [3.8, 4) is 5.75 Å². The lowest BCUT2D eigenvalue weighted by Gasteiger charge is -2.31. The van der Waals surface area contributed by atoms with Gasteiger partial charge >= 0.3 is 0 Å². The molecule has 0 aliphatic carbocycles. The third kappa shape index (κ3) is 5.26. The van der Waals surface area contributed by atoms with E-state index >= 15 is 0 Å². The monoisotopic (exact) mass is 585 g/mol. The zero-order chi connectivity index (χ0) is 30.0. The fourth-order valence-corrected chi connectivity index (χ4v) is 6.43. The molecule has 0 radical (unpaired) electrons. The first-order valence-corrected chi connectivity index (χ1v) is 15.0. The summed E-state index contributed by atoms with van der Waals surface area (Å²) >= 11 is 0. The maximum Gasteiger partial charge on any atom is 0.238 e. The van der Waals surface area contributed by atoms with Crippen LogP contribution in [0, 0.1) is 0 Å². The Labute approximate surface area is 255 Å². The van der Waals surface area contributed by atoms with E-state index in [0.29, 0.717) is 25.9 Å². The number of ether oxygens (including phenoxy) is 1. The van der Waals surface area contributed by atoms with Crippen molar-refractivity contribution in [1.82, 2.24) is 29.6 Å². The lowest BCUT2D eigenvalue weighted by Crippen LogP contribution is -2.44. The first-order chi connectivity index (χ1) is 21.6. The van der Waals surface area contributed by atoms with Gasteiger partial charge in [-0.15, -0.1) is 10.2 Å². The number of fused-ring (bicyclic) bond motifs is 2. The Morgan fingerprint density at radius 1 is 0.932 bits per heavy atom. The van der Waals surface area contributed by atoms with Crippen LogP contribution in [0.5, 0.6) is 5.75 Å². The number of nitrogens with zero attached hydrogens (tertiary/aromatic N) is 4. The molecule has 0 fully saturated rings. The van der Waals surface area contributed by atoms with E-state index < -0.39 is 6.04 Å². The summed E-state index contributed by atoms with van der Waals surface area (Å²) in [6.07, 6.45) is 10.2. The average Bonchev–Trinajstić information content (AvgIpc) is 3.86. The molecule has 222 valence electrons. The van der Waals surface area contributed by atoms with Crippen LogP contribution in [-0.2, 0) is 30.6 Å². The molecule has 1 aliphatic rings.